The Morgan fingerprint density at radius 1 is 1.10 bits per heavy atom. The molecule has 1 aliphatic heterocycles. The largest absolute Gasteiger partial charge is 0.457 e. The van der Waals surface area contributed by atoms with Crippen LogP contribution in [0.4, 0.5) is 0 Å². The maximum Gasteiger partial charge on any atom is 0.303 e. The van der Waals surface area contributed by atoms with Gasteiger partial charge in [0.15, 0.2) is 24.6 Å². The van der Waals surface area contributed by atoms with Crippen molar-refractivity contribution >= 4 is 43.3 Å². The highest BCUT2D eigenvalue weighted by Gasteiger charge is 2.52. The number of sulfone groups is 1. The van der Waals surface area contributed by atoms with Crippen LogP contribution >= 0.6 is 11.3 Å². The van der Waals surface area contributed by atoms with Gasteiger partial charge in [-0.2, -0.15) is 0 Å². The van der Waals surface area contributed by atoms with Crippen molar-refractivity contribution in [2.45, 2.75) is 44.6 Å². The predicted octanol–water partition coefficient (Wildman–Crippen LogP) is 1.32. The Hall–Kier alpha value is -2.28. The minimum atomic E-state index is -3.53. The van der Waals surface area contributed by atoms with Crippen LogP contribution in [0.2, 0.25) is 0 Å². The van der Waals surface area contributed by atoms with E-state index in [4.69, 9.17) is 23.7 Å². The number of para-hydroxylation sites is 1. The van der Waals surface area contributed by atoms with E-state index in [1.807, 2.05) is 24.3 Å². The SMILES string of the molecule is CO[C@H]1O[C@H](CS(C)(=O)=O)[C@@H](OC(C)=O)[C@H](OC(C)=O)[C@@H]1Oc1nc2ccccc2s1. The van der Waals surface area contributed by atoms with Crippen LogP contribution in [0.1, 0.15) is 13.8 Å². The van der Waals surface area contributed by atoms with E-state index in [1.54, 1.807) is 0 Å². The van der Waals surface area contributed by atoms with Crippen molar-refractivity contribution in [3.05, 3.63) is 24.3 Å². The highest BCUT2D eigenvalue weighted by Crippen LogP contribution is 2.34. The predicted molar refractivity (Wildman–Crippen MR) is 111 cm³/mol. The van der Waals surface area contributed by atoms with Crippen molar-refractivity contribution in [1.82, 2.24) is 4.98 Å². The van der Waals surface area contributed by atoms with Gasteiger partial charge in [0.05, 0.1) is 16.0 Å². The van der Waals surface area contributed by atoms with Crippen LogP contribution in [-0.4, -0.2) is 75.2 Å². The number of rotatable bonds is 7. The Kier molecular flexibility index (Phi) is 7.14. The molecule has 10 nitrogen and oxygen atoms in total. The fraction of sp³-hybridized carbons (Fsp3) is 0.526. The normalized spacial score (nSPS) is 26.4. The van der Waals surface area contributed by atoms with Crippen molar-refractivity contribution in [3.8, 4) is 5.19 Å². The summed E-state index contributed by atoms with van der Waals surface area (Å²) in [5.41, 5.74) is 0.712. The number of thiazole rings is 1. The molecule has 0 saturated carbocycles. The van der Waals surface area contributed by atoms with Crippen molar-refractivity contribution in [2.75, 3.05) is 19.1 Å². The summed E-state index contributed by atoms with van der Waals surface area (Å²) in [6.45, 7) is 2.34. The van der Waals surface area contributed by atoms with E-state index in [9.17, 15) is 18.0 Å². The molecule has 0 amide bonds. The molecule has 0 N–H and O–H groups in total. The lowest BCUT2D eigenvalue weighted by Gasteiger charge is -2.43. The van der Waals surface area contributed by atoms with Crippen molar-refractivity contribution < 1.29 is 41.7 Å². The van der Waals surface area contributed by atoms with E-state index in [-0.39, 0.29) is 5.19 Å². The summed E-state index contributed by atoms with van der Waals surface area (Å²) in [6.07, 6.45) is -4.73. The zero-order valence-corrected chi connectivity index (χ0v) is 19.0. The number of aromatic nitrogens is 1. The molecule has 1 aromatic heterocycles. The molecular weight excluding hydrogens is 450 g/mol. The molecule has 31 heavy (non-hydrogen) atoms. The van der Waals surface area contributed by atoms with E-state index < -0.39 is 58.2 Å². The summed E-state index contributed by atoms with van der Waals surface area (Å²) in [5.74, 6) is -1.84. The minimum Gasteiger partial charge on any atom is -0.457 e. The minimum absolute atomic E-state index is 0.261. The number of carbonyl (C=O) groups is 2. The van der Waals surface area contributed by atoms with Crippen LogP contribution in [0.3, 0.4) is 0 Å². The zero-order chi connectivity index (χ0) is 22.8. The van der Waals surface area contributed by atoms with Crippen LogP contribution in [0.5, 0.6) is 5.19 Å². The summed E-state index contributed by atoms with van der Waals surface area (Å²) in [5, 5.41) is 0.261. The van der Waals surface area contributed by atoms with Gasteiger partial charge in [-0.05, 0) is 12.1 Å². The molecule has 3 rings (SSSR count). The highest BCUT2D eigenvalue weighted by molar-refractivity contribution is 7.90. The average Bonchev–Trinajstić information content (AvgIpc) is 3.06. The quantitative estimate of drug-likeness (QED) is 0.543. The second kappa shape index (κ2) is 9.47. The second-order valence-corrected chi connectivity index (χ2v) is 10.2. The van der Waals surface area contributed by atoms with Gasteiger partial charge >= 0.3 is 11.9 Å². The molecule has 2 aromatic rings. The van der Waals surface area contributed by atoms with Gasteiger partial charge in [0.1, 0.15) is 15.9 Å². The molecule has 0 aliphatic carbocycles. The van der Waals surface area contributed by atoms with E-state index in [0.717, 1.165) is 17.9 Å². The first-order valence-electron chi connectivity index (χ1n) is 9.30. The van der Waals surface area contributed by atoms with Gasteiger partial charge in [-0.1, -0.05) is 23.5 Å². The fourth-order valence-corrected chi connectivity index (χ4v) is 5.02. The summed E-state index contributed by atoms with van der Waals surface area (Å²) in [7, 11) is -2.19. The second-order valence-electron chi connectivity index (χ2n) is 7.05. The number of hydrogen-bond donors (Lipinski definition) is 0. The van der Waals surface area contributed by atoms with Crippen LogP contribution in [0.15, 0.2) is 24.3 Å². The molecule has 2 heterocycles. The van der Waals surface area contributed by atoms with Crippen molar-refractivity contribution in [2.24, 2.45) is 0 Å². The molecule has 5 atom stereocenters. The van der Waals surface area contributed by atoms with Gasteiger partial charge in [-0.3, -0.25) is 9.59 Å². The molecule has 0 bridgehead atoms. The average molecular weight is 474 g/mol. The topological polar surface area (TPSA) is 127 Å². The van der Waals surface area contributed by atoms with Crippen LogP contribution in [-0.2, 0) is 38.4 Å². The molecule has 1 saturated heterocycles. The van der Waals surface area contributed by atoms with E-state index in [1.165, 1.54) is 25.4 Å². The van der Waals surface area contributed by atoms with E-state index in [2.05, 4.69) is 4.98 Å². The third kappa shape index (κ3) is 5.91. The fourth-order valence-electron chi connectivity index (χ4n) is 3.30. The molecule has 1 fully saturated rings. The Labute approximate surface area is 183 Å². The summed E-state index contributed by atoms with van der Waals surface area (Å²) < 4.78 is 52.6. The number of fused-ring (bicyclic) bond motifs is 1. The monoisotopic (exact) mass is 473 g/mol. The third-order valence-corrected chi connectivity index (χ3v) is 6.27. The molecule has 1 aromatic carbocycles. The Balaban J connectivity index is 1.99. The first-order valence-corrected chi connectivity index (χ1v) is 12.2. The molecular formula is C19H23NO9S2. The van der Waals surface area contributed by atoms with Crippen molar-refractivity contribution in [1.29, 1.82) is 0 Å². The number of ether oxygens (including phenoxy) is 5. The first-order chi connectivity index (χ1) is 14.6. The van der Waals surface area contributed by atoms with Gasteiger partial charge in [-0.25, -0.2) is 13.4 Å². The number of hydrogen-bond acceptors (Lipinski definition) is 11. The molecule has 12 heteroatoms. The van der Waals surface area contributed by atoms with Crippen molar-refractivity contribution in [3.63, 3.8) is 0 Å². The first kappa shape index (κ1) is 23.4. The lowest BCUT2D eigenvalue weighted by atomic mass is 9.99. The van der Waals surface area contributed by atoms with E-state index in [0.29, 0.717) is 5.52 Å². The molecule has 0 unspecified atom stereocenters. The molecule has 1 aliphatic rings. The molecule has 0 radical (unpaired) electrons. The lowest BCUT2D eigenvalue weighted by Crippen LogP contribution is -2.63. The number of methoxy groups -OCH3 is 1. The Bertz CT molecular complexity index is 1020. The van der Waals surface area contributed by atoms with Gasteiger partial charge < -0.3 is 23.7 Å². The van der Waals surface area contributed by atoms with Gasteiger partial charge in [0.2, 0.25) is 0 Å². The van der Waals surface area contributed by atoms with Gasteiger partial charge in [0.25, 0.3) is 5.19 Å². The van der Waals surface area contributed by atoms with Crippen LogP contribution in [0, 0.1) is 0 Å². The van der Waals surface area contributed by atoms with Crippen LogP contribution in [0.25, 0.3) is 10.2 Å². The van der Waals surface area contributed by atoms with Crippen LogP contribution < -0.4 is 4.74 Å². The number of benzene rings is 1. The van der Waals surface area contributed by atoms with Gasteiger partial charge in [-0.15, -0.1) is 0 Å². The number of carbonyl (C=O) groups excluding carboxylic acids is 2. The third-order valence-electron chi connectivity index (χ3n) is 4.41. The maximum atomic E-state index is 11.9. The highest BCUT2D eigenvalue weighted by atomic mass is 32.2. The maximum absolute atomic E-state index is 11.9. The number of nitrogens with zero attached hydrogens (tertiary/aromatic N) is 1. The smallest absolute Gasteiger partial charge is 0.303 e. The summed E-state index contributed by atoms with van der Waals surface area (Å²) in [4.78, 5) is 28.0. The summed E-state index contributed by atoms with van der Waals surface area (Å²) in [6, 6.07) is 7.39. The molecule has 0 spiro atoms. The number of esters is 2. The molecule has 170 valence electrons. The Morgan fingerprint density at radius 3 is 2.32 bits per heavy atom. The van der Waals surface area contributed by atoms with E-state index >= 15 is 0 Å². The van der Waals surface area contributed by atoms with Gasteiger partial charge in [0, 0.05) is 27.2 Å². The zero-order valence-electron chi connectivity index (χ0n) is 17.3. The lowest BCUT2D eigenvalue weighted by molar-refractivity contribution is -0.285. The Morgan fingerprint density at radius 2 is 1.74 bits per heavy atom. The standard InChI is InChI=1S/C19H23NO9S2/c1-10(21)26-15-13(9-31(4,23)24)28-18(25-3)17(16(15)27-11(2)22)29-19-20-12-7-5-6-8-14(12)30-19/h5-8,13,15-18H,9H2,1-4H3/t13-,15-,16+,17+,18+/m1/s1. The summed E-state index contributed by atoms with van der Waals surface area (Å²) >= 11 is 1.26.